The molecule has 5 N–H and O–H groups in total. The molecule has 0 amide bonds. The van der Waals surface area contributed by atoms with E-state index >= 15 is 0 Å². The van der Waals surface area contributed by atoms with E-state index in [1.54, 1.807) is 32.2 Å². The number of esters is 1. The van der Waals surface area contributed by atoms with E-state index in [9.17, 15) is 24.9 Å². The standard InChI is InChI=1S/C18H25NO9/c1-3-12(20)26-8-9-4-5-11(10(6-9)7-19-2)27-18-15(23)13(21)14(22)16(28-18)17(24)25/h4-6,13-16,18-19,21-23H,3,7-8H2,1-2H3,(H,24,25). The summed E-state index contributed by atoms with van der Waals surface area (Å²) in [5.41, 5.74) is 1.35. The van der Waals surface area contributed by atoms with Crippen LogP contribution in [0, 0.1) is 0 Å². The van der Waals surface area contributed by atoms with Gasteiger partial charge in [-0.15, -0.1) is 0 Å². The van der Waals surface area contributed by atoms with Gasteiger partial charge in [0.05, 0.1) is 0 Å². The maximum atomic E-state index is 11.3. The van der Waals surface area contributed by atoms with Crippen molar-refractivity contribution in [1.82, 2.24) is 5.32 Å². The lowest BCUT2D eigenvalue weighted by molar-refractivity contribution is -0.271. The average Bonchev–Trinajstić information content (AvgIpc) is 2.67. The Labute approximate surface area is 161 Å². The van der Waals surface area contributed by atoms with E-state index in [0.717, 1.165) is 0 Å². The largest absolute Gasteiger partial charge is 0.479 e. The second kappa shape index (κ2) is 9.80. The molecule has 1 aromatic rings. The van der Waals surface area contributed by atoms with Crippen molar-refractivity contribution < 1.29 is 44.2 Å². The summed E-state index contributed by atoms with van der Waals surface area (Å²) in [6.45, 7) is 2.14. The Kier molecular flexibility index (Phi) is 7.72. The van der Waals surface area contributed by atoms with Crippen LogP contribution in [0.5, 0.6) is 5.75 Å². The summed E-state index contributed by atoms with van der Waals surface area (Å²) in [6.07, 6.45) is -8.18. The second-order valence-corrected chi connectivity index (χ2v) is 6.34. The van der Waals surface area contributed by atoms with Crippen molar-refractivity contribution >= 4 is 11.9 Å². The highest BCUT2D eigenvalue weighted by Gasteiger charge is 2.48. The smallest absolute Gasteiger partial charge is 0.335 e. The van der Waals surface area contributed by atoms with E-state index in [4.69, 9.17) is 19.3 Å². The van der Waals surface area contributed by atoms with Gasteiger partial charge in [0.15, 0.2) is 6.10 Å². The zero-order valence-corrected chi connectivity index (χ0v) is 15.6. The first-order valence-corrected chi connectivity index (χ1v) is 8.79. The molecule has 0 aromatic heterocycles. The molecular weight excluding hydrogens is 374 g/mol. The van der Waals surface area contributed by atoms with E-state index in [-0.39, 0.29) is 24.7 Å². The number of aliphatic hydroxyl groups is 3. The number of benzene rings is 1. The molecule has 0 saturated carbocycles. The summed E-state index contributed by atoms with van der Waals surface area (Å²) in [6, 6.07) is 4.93. The summed E-state index contributed by atoms with van der Waals surface area (Å²) in [7, 11) is 1.71. The van der Waals surface area contributed by atoms with Crippen molar-refractivity contribution in [3.8, 4) is 5.75 Å². The zero-order valence-electron chi connectivity index (χ0n) is 15.6. The molecule has 28 heavy (non-hydrogen) atoms. The van der Waals surface area contributed by atoms with Crippen LogP contribution >= 0.6 is 0 Å². The quantitative estimate of drug-likeness (QED) is 0.348. The Bertz CT molecular complexity index is 696. The Hall–Kier alpha value is -2.24. The van der Waals surface area contributed by atoms with Crippen LogP contribution in [0.15, 0.2) is 18.2 Å². The third-order valence-electron chi connectivity index (χ3n) is 4.24. The van der Waals surface area contributed by atoms with Crippen LogP contribution in [0.2, 0.25) is 0 Å². The van der Waals surface area contributed by atoms with Crippen molar-refractivity contribution in [2.45, 2.75) is 57.2 Å². The second-order valence-electron chi connectivity index (χ2n) is 6.34. The molecule has 5 atom stereocenters. The van der Waals surface area contributed by atoms with Crippen LogP contribution < -0.4 is 10.1 Å². The van der Waals surface area contributed by atoms with E-state index in [1.807, 2.05) is 0 Å². The van der Waals surface area contributed by atoms with Crippen LogP contribution in [-0.4, -0.2) is 70.1 Å². The average molecular weight is 399 g/mol. The van der Waals surface area contributed by atoms with E-state index < -0.39 is 36.7 Å². The molecule has 1 heterocycles. The Morgan fingerprint density at radius 2 is 1.89 bits per heavy atom. The van der Waals surface area contributed by atoms with Crippen LogP contribution in [0.4, 0.5) is 0 Å². The van der Waals surface area contributed by atoms with Crippen LogP contribution in [0.3, 0.4) is 0 Å². The number of aliphatic carboxylic acids is 1. The minimum atomic E-state index is -1.79. The van der Waals surface area contributed by atoms with Crippen molar-refractivity contribution in [2.75, 3.05) is 7.05 Å². The maximum Gasteiger partial charge on any atom is 0.335 e. The van der Waals surface area contributed by atoms with Gasteiger partial charge < -0.3 is 40.0 Å². The fourth-order valence-corrected chi connectivity index (χ4v) is 2.71. The minimum Gasteiger partial charge on any atom is -0.479 e. The van der Waals surface area contributed by atoms with Gasteiger partial charge in [-0.1, -0.05) is 13.0 Å². The molecule has 156 valence electrons. The first kappa shape index (κ1) is 22.1. The van der Waals surface area contributed by atoms with Gasteiger partial charge in [-0.3, -0.25) is 4.79 Å². The normalized spacial score (nSPS) is 27.2. The molecule has 0 spiro atoms. The number of aliphatic hydroxyl groups excluding tert-OH is 3. The number of carbonyl (C=O) groups is 2. The molecule has 1 aromatic carbocycles. The molecule has 0 bridgehead atoms. The number of carbonyl (C=O) groups excluding carboxylic acids is 1. The lowest BCUT2D eigenvalue weighted by Crippen LogP contribution is -2.61. The molecule has 2 rings (SSSR count). The van der Waals surface area contributed by atoms with Gasteiger partial charge in [0.25, 0.3) is 0 Å². The molecule has 1 aliphatic heterocycles. The molecule has 10 nitrogen and oxygen atoms in total. The van der Waals surface area contributed by atoms with Crippen LogP contribution in [-0.2, 0) is 32.2 Å². The van der Waals surface area contributed by atoms with Gasteiger partial charge >= 0.3 is 11.9 Å². The van der Waals surface area contributed by atoms with Gasteiger partial charge in [-0.05, 0) is 24.7 Å². The van der Waals surface area contributed by atoms with Crippen molar-refractivity contribution in [2.24, 2.45) is 0 Å². The molecule has 0 aliphatic carbocycles. The number of rotatable bonds is 8. The highest BCUT2D eigenvalue weighted by molar-refractivity contribution is 5.73. The third kappa shape index (κ3) is 5.18. The SMILES string of the molecule is CCC(=O)OCc1ccc(OC2OC(C(=O)O)C(O)C(O)C2O)c(CNC)c1. The number of ether oxygens (including phenoxy) is 3. The number of nitrogens with one attached hydrogen (secondary N) is 1. The number of hydrogen-bond donors (Lipinski definition) is 5. The summed E-state index contributed by atoms with van der Waals surface area (Å²) < 4.78 is 15.8. The minimum absolute atomic E-state index is 0.0816. The summed E-state index contributed by atoms with van der Waals surface area (Å²) in [5.74, 6) is -1.55. The molecule has 10 heteroatoms. The van der Waals surface area contributed by atoms with Gasteiger partial charge in [-0.2, -0.15) is 0 Å². The lowest BCUT2D eigenvalue weighted by atomic mass is 9.99. The fourth-order valence-electron chi connectivity index (χ4n) is 2.71. The summed E-state index contributed by atoms with van der Waals surface area (Å²) >= 11 is 0. The predicted molar refractivity (Wildman–Crippen MR) is 94.2 cm³/mol. The topological polar surface area (TPSA) is 155 Å². The van der Waals surface area contributed by atoms with Crippen molar-refractivity contribution in [1.29, 1.82) is 0 Å². The molecule has 1 aliphatic rings. The maximum absolute atomic E-state index is 11.3. The molecule has 1 fully saturated rings. The fraction of sp³-hybridized carbons (Fsp3) is 0.556. The van der Waals surface area contributed by atoms with Crippen molar-refractivity contribution in [3.63, 3.8) is 0 Å². The predicted octanol–water partition coefficient (Wildman–Crippen LogP) is -0.870. The van der Waals surface area contributed by atoms with E-state index in [0.29, 0.717) is 17.7 Å². The molecular formula is C18H25NO9. The third-order valence-corrected chi connectivity index (χ3v) is 4.24. The zero-order chi connectivity index (χ0) is 20.8. The van der Waals surface area contributed by atoms with E-state index in [1.165, 1.54) is 0 Å². The summed E-state index contributed by atoms with van der Waals surface area (Å²) in [4.78, 5) is 22.5. The molecule has 1 saturated heterocycles. The van der Waals surface area contributed by atoms with Crippen LogP contribution in [0.1, 0.15) is 24.5 Å². The first-order valence-electron chi connectivity index (χ1n) is 8.79. The Morgan fingerprint density at radius 1 is 1.18 bits per heavy atom. The van der Waals surface area contributed by atoms with E-state index in [2.05, 4.69) is 5.32 Å². The van der Waals surface area contributed by atoms with Gasteiger partial charge in [0, 0.05) is 18.5 Å². The number of hydrogen-bond acceptors (Lipinski definition) is 9. The van der Waals surface area contributed by atoms with Gasteiger partial charge in [0.1, 0.15) is 30.7 Å². The number of carboxylic acid groups (broad SMARTS) is 1. The summed E-state index contributed by atoms with van der Waals surface area (Å²) in [5, 5.41) is 41.8. The molecule has 0 radical (unpaired) electrons. The Balaban J connectivity index is 2.19. The van der Waals surface area contributed by atoms with Gasteiger partial charge in [0.2, 0.25) is 6.29 Å². The monoisotopic (exact) mass is 399 g/mol. The Morgan fingerprint density at radius 3 is 2.50 bits per heavy atom. The van der Waals surface area contributed by atoms with Crippen molar-refractivity contribution in [3.05, 3.63) is 29.3 Å². The highest BCUT2D eigenvalue weighted by atomic mass is 16.7. The van der Waals surface area contributed by atoms with Crippen LogP contribution in [0.25, 0.3) is 0 Å². The molecule has 5 unspecified atom stereocenters. The van der Waals surface area contributed by atoms with Gasteiger partial charge in [-0.25, -0.2) is 4.79 Å². The lowest BCUT2D eigenvalue weighted by Gasteiger charge is -2.38. The first-order chi connectivity index (χ1) is 13.3. The highest BCUT2D eigenvalue weighted by Crippen LogP contribution is 2.27. The number of carboxylic acids is 1.